The number of aromatic nitrogens is 1. The van der Waals surface area contributed by atoms with Crippen molar-refractivity contribution in [3.8, 4) is 5.75 Å². The fraction of sp³-hybridized carbons (Fsp3) is 0.368. The van der Waals surface area contributed by atoms with Gasteiger partial charge in [-0.05, 0) is 36.2 Å². The maximum absolute atomic E-state index is 12.1. The van der Waals surface area contributed by atoms with Crippen LogP contribution in [0.4, 0.5) is 11.5 Å². The lowest BCUT2D eigenvalue weighted by atomic mass is 10.1. The van der Waals surface area contributed by atoms with Crippen molar-refractivity contribution < 1.29 is 14.3 Å². The van der Waals surface area contributed by atoms with Crippen LogP contribution in [-0.2, 0) is 16.0 Å². The number of aryl methyl sites for hydroxylation is 1. The van der Waals surface area contributed by atoms with E-state index < -0.39 is 0 Å². The molecule has 0 radical (unpaired) electrons. The summed E-state index contributed by atoms with van der Waals surface area (Å²) in [5.41, 5.74) is 2.16. The molecule has 0 spiro atoms. The van der Waals surface area contributed by atoms with E-state index in [1.54, 1.807) is 13.3 Å². The van der Waals surface area contributed by atoms with Crippen molar-refractivity contribution in [3.63, 3.8) is 0 Å². The number of ether oxygens (including phenoxy) is 2. The van der Waals surface area contributed by atoms with E-state index in [1.165, 1.54) is 0 Å². The highest BCUT2D eigenvalue weighted by Crippen LogP contribution is 2.17. The second-order valence-electron chi connectivity index (χ2n) is 5.90. The Morgan fingerprint density at radius 2 is 1.96 bits per heavy atom. The molecular formula is C19H23N3O3. The van der Waals surface area contributed by atoms with Crippen molar-refractivity contribution in [2.75, 3.05) is 43.6 Å². The summed E-state index contributed by atoms with van der Waals surface area (Å²) in [7, 11) is 1.64. The van der Waals surface area contributed by atoms with E-state index in [9.17, 15) is 4.79 Å². The van der Waals surface area contributed by atoms with E-state index in [4.69, 9.17) is 9.47 Å². The molecule has 132 valence electrons. The van der Waals surface area contributed by atoms with Crippen LogP contribution in [0.2, 0.25) is 0 Å². The first kappa shape index (κ1) is 17.2. The van der Waals surface area contributed by atoms with Crippen molar-refractivity contribution in [1.29, 1.82) is 0 Å². The maximum Gasteiger partial charge on any atom is 0.225 e. The molecule has 0 unspecified atom stereocenters. The van der Waals surface area contributed by atoms with E-state index in [0.717, 1.165) is 43.3 Å². The predicted octanol–water partition coefficient (Wildman–Crippen LogP) is 2.50. The second kappa shape index (κ2) is 8.48. The third-order valence-electron chi connectivity index (χ3n) is 4.19. The summed E-state index contributed by atoms with van der Waals surface area (Å²) in [4.78, 5) is 18.7. The van der Waals surface area contributed by atoms with Crippen molar-refractivity contribution in [3.05, 3.63) is 48.2 Å². The summed E-state index contributed by atoms with van der Waals surface area (Å²) in [6.07, 6.45) is 2.89. The predicted molar refractivity (Wildman–Crippen MR) is 97.2 cm³/mol. The molecular weight excluding hydrogens is 318 g/mol. The third-order valence-corrected chi connectivity index (χ3v) is 4.19. The lowest BCUT2D eigenvalue weighted by Crippen LogP contribution is -2.36. The summed E-state index contributed by atoms with van der Waals surface area (Å²) in [5, 5.41) is 2.85. The Kier molecular flexibility index (Phi) is 5.85. The van der Waals surface area contributed by atoms with Gasteiger partial charge in [-0.3, -0.25) is 4.79 Å². The lowest BCUT2D eigenvalue weighted by Gasteiger charge is -2.28. The van der Waals surface area contributed by atoms with Crippen molar-refractivity contribution >= 4 is 17.4 Å². The first-order valence-corrected chi connectivity index (χ1v) is 8.46. The molecule has 1 fully saturated rings. The molecule has 1 aromatic carbocycles. The molecule has 0 atom stereocenters. The van der Waals surface area contributed by atoms with E-state index in [-0.39, 0.29) is 5.91 Å². The zero-order chi connectivity index (χ0) is 17.5. The highest BCUT2D eigenvalue weighted by Gasteiger charge is 2.11. The minimum absolute atomic E-state index is 0.0394. The third kappa shape index (κ3) is 4.93. The molecule has 0 saturated carbocycles. The number of amides is 1. The summed E-state index contributed by atoms with van der Waals surface area (Å²) in [6, 6.07) is 11.6. The van der Waals surface area contributed by atoms with Gasteiger partial charge in [-0.1, -0.05) is 12.1 Å². The second-order valence-corrected chi connectivity index (χ2v) is 5.90. The quantitative estimate of drug-likeness (QED) is 0.875. The first-order chi connectivity index (χ1) is 12.2. The van der Waals surface area contributed by atoms with E-state index in [0.29, 0.717) is 18.7 Å². The van der Waals surface area contributed by atoms with Crippen LogP contribution in [0.25, 0.3) is 0 Å². The van der Waals surface area contributed by atoms with Crippen molar-refractivity contribution in [1.82, 2.24) is 4.98 Å². The van der Waals surface area contributed by atoms with Crippen molar-refractivity contribution in [2.45, 2.75) is 12.8 Å². The number of pyridine rings is 1. The topological polar surface area (TPSA) is 63.7 Å². The van der Waals surface area contributed by atoms with Crippen LogP contribution in [0.15, 0.2) is 42.6 Å². The first-order valence-electron chi connectivity index (χ1n) is 8.46. The number of carbonyl (C=O) groups is 1. The van der Waals surface area contributed by atoms with E-state index in [2.05, 4.69) is 15.2 Å². The van der Waals surface area contributed by atoms with Gasteiger partial charge < -0.3 is 19.7 Å². The molecule has 6 heteroatoms. The van der Waals surface area contributed by atoms with Gasteiger partial charge in [0.05, 0.1) is 32.2 Å². The number of carbonyl (C=O) groups excluding carboxylic acids is 1. The Balaban J connectivity index is 1.48. The Bertz CT molecular complexity index is 680. The van der Waals surface area contributed by atoms with Crippen LogP contribution in [0, 0.1) is 0 Å². The number of rotatable bonds is 6. The van der Waals surface area contributed by atoms with Gasteiger partial charge in [0.25, 0.3) is 0 Å². The number of benzene rings is 1. The fourth-order valence-electron chi connectivity index (χ4n) is 2.72. The minimum Gasteiger partial charge on any atom is -0.497 e. The van der Waals surface area contributed by atoms with Crippen LogP contribution in [-0.4, -0.2) is 44.3 Å². The minimum atomic E-state index is -0.0394. The van der Waals surface area contributed by atoms with Crippen molar-refractivity contribution in [2.24, 2.45) is 0 Å². The monoisotopic (exact) mass is 341 g/mol. The average molecular weight is 341 g/mol. The summed E-state index contributed by atoms with van der Waals surface area (Å²) < 4.78 is 10.5. The number of nitrogens with one attached hydrogen (secondary N) is 1. The van der Waals surface area contributed by atoms with E-state index in [1.807, 2.05) is 36.4 Å². The summed E-state index contributed by atoms with van der Waals surface area (Å²) in [6.45, 7) is 3.22. The van der Waals surface area contributed by atoms with Gasteiger partial charge in [0.15, 0.2) is 0 Å². The Morgan fingerprint density at radius 1 is 1.20 bits per heavy atom. The zero-order valence-corrected chi connectivity index (χ0v) is 14.4. The van der Waals surface area contributed by atoms with Gasteiger partial charge in [0, 0.05) is 19.5 Å². The molecule has 1 amide bonds. The van der Waals surface area contributed by atoms with Gasteiger partial charge in [0.1, 0.15) is 11.6 Å². The molecule has 2 heterocycles. The van der Waals surface area contributed by atoms with Crippen LogP contribution in [0.3, 0.4) is 0 Å². The molecule has 2 aromatic rings. The van der Waals surface area contributed by atoms with Crippen LogP contribution < -0.4 is 15.0 Å². The van der Waals surface area contributed by atoms with Gasteiger partial charge in [-0.2, -0.15) is 0 Å². The zero-order valence-electron chi connectivity index (χ0n) is 14.4. The maximum atomic E-state index is 12.1. The SMILES string of the molecule is COc1ccc(CCC(=O)Nc2ccc(N3CCOCC3)cn2)cc1. The molecule has 3 rings (SSSR count). The highest BCUT2D eigenvalue weighted by atomic mass is 16.5. The number of nitrogens with zero attached hydrogens (tertiary/aromatic N) is 2. The molecule has 1 saturated heterocycles. The van der Waals surface area contributed by atoms with Crippen LogP contribution >= 0.6 is 0 Å². The Morgan fingerprint density at radius 3 is 2.60 bits per heavy atom. The van der Waals surface area contributed by atoms with Crippen LogP contribution in [0.1, 0.15) is 12.0 Å². The molecule has 1 aromatic heterocycles. The highest BCUT2D eigenvalue weighted by molar-refractivity contribution is 5.89. The Hall–Kier alpha value is -2.60. The van der Waals surface area contributed by atoms with E-state index >= 15 is 0 Å². The standard InChI is InChI=1S/C19H23N3O3/c1-24-17-6-2-15(3-7-17)4-9-19(23)21-18-8-5-16(14-20-18)22-10-12-25-13-11-22/h2-3,5-8,14H,4,9-13H2,1H3,(H,20,21,23). The molecule has 0 aliphatic carbocycles. The summed E-state index contributed by atoms with van der Waals surface area (Å²) in [5.74, 6) is 1.36. The summed E-state index contributed by atoms with van der Waals surface area (Å²) >= 11 is 0. The van der Waals surface area contributed by atoms with Crippen LogP contribution in [0.5, 0.6) is 5.75 Å². The average Bonchev–Trinajstić information content (AvgIpc) is 2.68. The molecule has 6 nitrogen and oxygen atoms in total. The number of morpholine rings is 1. The molecule has 1 aliphatic rings. The van der Waals surface area contributed by atoms with Gasteiger partial charge in [-0.25, -0.2) is 4.98 Å². The van der Waals surface area contributed by atoms with Gasteiger partial charge in [0.2, 0.25) is 5.91 Å². The lowest BCUT2D eigenvalue weighted by molar-refractivity contribution is -0.116. The molecule has 1 N–H and O–H groups in total. The largest absolute Gasteiger partial charge is 0.497 e. The molecule has 1 aliphatic heterocycles. The number of anilines is 2. The Labute approximate surface area is 147 Å². The smallest absolute Gasteiger partial charge is 0.225 e. The van der Waals surface area contributed by atoms with Gasteiger partial charge in [-0.15, -0.1) is 0 Å². The van der Waals surface area contributed by atoms with Gasteiger partial charge >= 0.3 is 0 Å². The fourth-order valence-corrected chi connectivity index (χ4v) is 2.72. The molecule has 0 bridgehead atoms. The number of methoxy groups -OCH3 is 1. The molecule has 25 heavy (non-hydrogen) atoms. The normalized spacial score (nSPS) is 14.2. The number of hydrogen-bond donors (Lipinski definition) is 1. The number of hydrogen-bond acceptors (Lipinski definition) is 5.